The van der Waals surface area contributed by atoms with E-state index in [4.69, 9.17) is 10.2 Å². The molecule has 0 unspecified atom stereocenters. The van der Waals surface area contributed by atoms with Crippen LogP contribution in [0.4, 0.5) is 13.2 Å². The molecule has 0 aliphatic carbocycles. The van der Waals surface area contributed by atoms with E-state index in [-0.39, 0.29) is 12.3 Å². The summed E-state index contributed by atoms with van der Waals surface area (Å²) in [4.78, 5) is 8.48. The summed E-state index contributed by atoms with van der Waals surface area (Å²) in [6.45, 7) is 0.142. The normalized spacial score (nSPS) is 11.8. The Morgan fingerprint density at radius 3 is 2.45 bits per heavy atom. The quantitative estimate of drug-likeness (QED) is 0.804. The van der Waals surface area contributed by atoms with Crippen LogP contribution in [-0.4, -0.2) is 16.3 Å². The standard InChI is InChI=1S/C14H10F3N3O2/c15-14(16,17)22-9-3-1-8(2-4-9)12-13-10(5-6-21-13)19-11(7-18)20-12/h1-6H,7,18H2. The van der Waals surface area contributed by atoms with E-state index in [1.165, 1.54) is 30.5 Å². The fourth-order valence-electron chi connectivity index (χ4n) is 2.01. The summed E-state index contributed by atoms with van der Waals surface area (Å²) >= 11 is 0. The topological polar surface area (TPSA) is 74.2 Å². The van der Waals surface area contributed by atoms with E-state index >= 15 is 0 Å². The third-order valence-electron chi connectivity index (χ3n) is 2.89. The summed E-state index contributed by atoms with van der Waals surface area (Å²) in [6, 6.07) is 7.02. The smallest absolute Gasteiger partial charge is 0.460 e. The maximum absolute atomic E-state index is 12.2. The molecule has 3 aromatic rings. The van der Waals surface area contributed by atoms with Gasteiger partial charge in [0, 0.05) is 11.6 Å². The minimum atomic E-state index is -4.72. The van der Waals surface area contributed by atoms with Crippen LogP contribution in [0.25, 0.3) is 22.4 Å². The highest BCUT2D eigenvalue weighted by Crippen LogP contribution is 2.29. The Bertz CT molecular complexity index is 797. The molecule has 0 fully saturated rings. The molecule has 0 aliphatic heterocycles. The van der Waals surface area contributed by atoms with Gasteiger partial charge in [0.15, 0.2) is 5.58 Å². The third-order valence-corrected chi connectivity index (χ3v) is 2.89. The Hall–Kier alpha value is -2.61. The van der Waals surface area contributed by atoms with E-state index in [2.05, 4.69) is 14.7 Å². The first-order valence-corrected chi connectivity index (χ1v) is 6.26. The van der Waals surface area contributed by atoms with Gasteiger partial charge in [0.1, 0.15) is 22.8 Å². The van der Waals surface area contributed by atoms with Gasteiger partial charge < -0.3 is 14.9 Å². The minimum Gasteiger partial charge on any atom is -0.460 e. The van der Waals surface area contributed by atoms with Crippen molar-refractivity contribution < 1.29 is 22.3 Å². The molecule has 0 aliphatic rings. The van der Waals surface area contributed by atoms with Crippen LogP contribution in [0.1, 0.15) is 5.82 Å². The predicted octanol–water partition coefficient (Wildman–Crippen LogP) is 3.25. The Morgan fingerprint density at radius 2 is 1.82 bits per heavy atom. The van der Waals surface area contributed by atoms with Crippen molar-refractivity contribution in [2.75, 3.05) is 0 Å². The van der Waals surface area contributed by atoms with Crippen LogP contribution in [0.15, 0.2) is 41.0 Å². The molecule has 0 amide bonds. The predicted molar refractivity (Wildman–Crippen MR) is 71.8 cm³/mol. The van der Waals surface area contributed by atoms with E-state index < -0.39 is 6.36 Å². The lowest BCUT2D eigenvalue weighted by molar-refractivity contribution is -0.274. The SMILES string of the molecule is NCc1nc(-c2ccc(OC(F)(F)F)cc2)c2occc2n1. The van der Waals surface area contributed by atoms with Gasteiger partial charge in [-0.25, -0.2) is 9.97 Å². The molecule has 0 spiro atoms. The molecule has 8 heteroatoms. The molecule has 114 valence electrons. The van der Waals surface area contributed by atoms with Gasteiger partial charge >= 0.3 is 6.36 Å². The van der Waals surface area contributed by atoms with E-state index in [0.29, 0.717) is 28.2 Å². The molecule has 0 saturated carbocycles. The van der Waals surface area contributed by atoms with Gasteiger partial charge in [0.05, 0.1) is 12.8 Å². The van der Waals surface area contributed by atoms with Crippen molar-refractivity contribution in [1.29, 1.82) is 0 Å². The first-order valence-electron chi connectivity index (χ1n) is 6.26. The van der Waals surface area contributed by atoms with Crippen molar-refractivity contribution in [3.63, 3.8) is 0 Å². The molecule has 0 radical (unpaired) electrons. The van der Waals surface area contributed by atoms with E-state index in [9.17, 15) is 13.2 Å². The van der Waals surface area contributed by atoms with Crippen molar-refractivity contribution in [1.82, 2.24) is 9.97 Å². The molecule has 1 aromatic carbocycles. The number of ether oxygens (including phenoxy) is 1. The Balaban J connectivity index is 2.02. The monoisotopic (exact) mass is 309 g/mol. The zero-order valence-electron chi connectivity index (χ0n) is 11.1. The van der Waals surface area contributed by atoms with Gasteiger partial charge in [0.2, 0.25) is 0 Å². The molecule has 0 saturated heterocycles. The first-order chi connectivity index (χ1) is 10.5. The Labute approximate surface area is 122 Å². The van der Waals surface area contributed by atoms with E-state index in [1.54, 1.807) is 6.07 Å². The Morgan fingerprint density at radius 1 is 1.09 bits per heavy atom. The Kier molecular flexibility index (Phi) is 3.45. The van der Waals surface area contributed by atoms with Gasteiger partial charge in [-0.3, -0.25) is 0 Å². The average Bonchev–Trinajstić information content (AvgIpc) is 2.93. The van der Waals surface area contributed by atoms with Crippen LogP contribution in [0, 0.1) is 0 Å². The first kappa shape index (κ1) is 14.3. The summed E-state index contributed by atoms with van der Waals surface area (Å²) in [5.41, 5.74) is 7.62. The van der Waals surface area contributed by atoms with Gasteiger partial charge in [-0.05, 0) is 24.3 Å². The summed E-state index contributed by atoms with van der Waals surface area (Å²) in [5, 5.41) is 0. The number of hydrogen-bond acceptors (Lipinski definition) is 5. The van der Waals surface area contributed by atoms with Crippen molar-refractivity contribution in [2.24, 2.45) is 5.73 Å². The lowest BCUT2D eigenvalue weighted by Gasteiger charge is -2.09. The summed E-state index contributed by atoms with van der Waals surface area (Å²) in [5.74, 6) is 0.111. The van der Waals surface area contributed by atoms with Crippen LogP contribution < -0.4 is 10.5 Å². The number of rotatable bonds is 3. The van der Waals surface area contributed by atoms with Gasteiger partial charge in [-0.15, -0.1) is 13.2 Å². The lowest BCUT2D eigenvalue weighted by atomic mass is 10.1. The zero-order chi connectivity index (χ0) is 15.7. The maximum Gasteiger partial charge on any atom is 0.573 e. The number of hydrogen-bond donors (Lipinski definition) is 1. The fraction of sp³-hybridized carbons (Fsp3) is 0.143. The number of aromatic nitrogens is 2. The van der Waals surface area contributed by atoms with Crippen LogP contribution in [0.3, 0.4) is 0 Å². The van der Waals surface area contributed by atoms with Crippen LogP contribution in [-0.2, 0) is 6.54 Å². The van der Waals surface area contributed by atoms with Crippen LogP contribution in [0.5, 0.6) is 5.75 Å². The van der Waals surface area contributed by atoms with Crippen molar-refractivity contribution in [3.05, 3.63) is 42.4 Å². The van der Waals surface area contributed by atoms with E-state index in [0.717, 1.165) is 0 Å². The van der Waals surface area contributed by atoms with E-state index in [1.807, 2.05) is 0 Å². The molecule has 0 bridgehead atoms. The molecule has 0 atom stereocenters. The number of nitrogens with two attached hydrogens (primary N) is 1. The number of benzene rings is 1. The highest BCUT2D eigenvalue weighted by atomic mass is 19.4. The van der Waals surface area contributed by atoms with Crippen molar-refractivity contribution in [3.8, 4) is 17.0 Å². The lowest BCUT2D eigenvalue weighted by Crippen LogP contribution is -2.16. The maximum atomic E-state index is 12.2. The largest absolute Gasteiger partial charge is 0.573 e. The van der Waals surface area contributed by atoms with Gasteiger partial charge in [-0.2, -0.15) is 0 Å². The highest BCUT2D eigenvalue weighted by Gasteiger charge is 2.31. The van der Waals surface area contributed by atoms with Gasteiger partial charge in [0.25, 0.3) is 0 Å². The van der Waals surface area contributed by atoms with Crippen molar-refractivity contribution in [2.45, 2.75) is 12.9 Å². The minimum absolute atomic E-state index is 0.142. The number of nitrogens with zero attached hydrogens (tertiary/aromatic N) is 2. The molecule has 5 nitrogen and oxygen atoms in total. The summed E-state index contributed by atoms with van der Waals surface area (Å²) < 4.78 is 45.6. The second-order valence-electron chi connectivity index (χ2n) is 4.40. The third kappa shape index (κ3) is 2.86. The van der Waals surface area contributed by atoms with Crippen LogP contribution in [0.2, 0.25) is 0 Å². The average molecular weight is 309 g/mol. The second kappa shape index (κ2) is 5.30. The van der Waals surface area contributed by atoms with Crippen molar-refractivity contribution >= 4 is 11.1 Å². The zero-order valence-corrected chi connectivity index (χ0v) is 11.1. The molecule has 3 rings (SSSR count). The highest BCUT2D eigenvalue weighted by molar-refractivity contribution is 5.87. The molecule has 2 N–H and O–H groups in total. The number of alkyl halides is 3. The molecule has 22 heavy (non-hydrogen) atoms. The summed E-state index contributed by atoms with van der Waals surface area (Å²) in [6.07, 6.45) is -3.26. The molecule has 2 heterocycles. The second-order valence-corrected chi connectivity index (χ2v) is 4.40. The summed E-state index contributed by atoms with van der Waals surface area (Å²) in [7, 11) is 0. The molecule has 2 aromatic heterocycles. The van der Waals surface area contributed by atoms with Gasteiger partial charge in [-0.1, -0.05) is 0 Å². The fourth-order valence-corrected chi connectivity index (χ4v) is 2.01. The molecular weight excluding hydrogens is 299 g/mol. The number of furan rings is 1. The number of fused-ring (bicyclic) bond motifs is 1. The molecular formula is C14H10F3N3O2. The van der Waals surface area contributed by atoms with Crippen LogP contribution >= 0.6 is 0 Å². The number of halogens is 3.